The standard InChI is InChI=1S/C20H26N4O3/c1-3-17(25)13(2)19(27-11-14-7-5-4-6-8-14)18(26)15-9-10-16-20(21)22-12-23-24(15)16/h4-10,12-13,17-19,25-26H,3,11H2,1-2H3,(H2,21,22,23)/t13-,17-,18?,19-/m1/s1. The Balaban J connectivity index is 1.89. The average molecular weight is 370 g/mol. The summed E-state index contributed by atoms with van der Waals surface area (Å²) in [4.78, 5) is 3.97. The molecule has 0 fully saturated rings. The molecule has 7 heteroatoms. The Bertz CT molecular complexity index is 868. The van der Waals surface area contributed by atoms with E-state index in [0.29, 0.717) is 30.1 Å². The molecule has 3 rings (SSSR count). The van der Waals surface area contributed by atoms with Gasteiger partial charge in [-0.05, 0) is 24.1 Å². The summed E-state index contributed by atoms with van der Waals surface area (Å²) in [6.07, 6.45) is -0.270. The lowest BCUT2D eigenvalue weighted by Gasteiger charge is -2.31. The zero-order chi connectivity index (χ0) is 19.4. The topological polar surface area (TPSA) is 106 Å². The molecule has 144 valence electrons. The molecule has 4 atom stereocenters. The molecule has 27 heavy (non-hydrogen) atoms. The molecule has 3 aromatic rings. The van der Waals surface area contributed by atoms with E-state index in [9.17, 15) is 10.2 Å². The highest BCUT2D eigenvalue weighted by Gasteiger charge is 2.33. The number of aliphatic hydroxyl groups is 2. The van der Waals surface area contributed by atoms with Gasteiger partial charge in [0.05, 0.1) is 24.5 Å². The first-order chi connectivity index (χ1) is 13.0. The number of aromatic nitrogens is 3. The van der Waals surface area contributed by atoms with Crippen molar-refractivity contribution in [3.63, 3.8) is 0 Å². The van der Waals surface area contributed by atoms with E-state index in [1.165, 1.54) is 6.33 Å². The van der Waals surface area contributed by atoms with Gasteiger partial charge in [-0.3, -0.25) is 0 Å². The van der Waals surface area contributed by atoms with Crippen LogP contribution < -0.4 is 5.73 Å². The Kier molecular flexibility index (Phi) is 6.05. The molecular formula is C20H26N4O3. The van der Waals surface area contributed by atoms with E-state index in [1.54, 1.807) is 16.6 Å². The van der Waals surface area contributed by atoms with E-state index in [2.05, 4.69) is 10.1 Å². The molecule has 0 bridgehead atoms. The molecule has 0 saturated heterocycles. The number of aliphatic hydroxyl groups excluding tert-OH is 2. The second-order valence-electron chi connectivity index (χ2n) is 6.74. The highest BCUT2D eigenvalue weighted by Crippen LogP contribution is 2.30. The molecule has 0 amide bonds. The summed E-state index contributed by atoms with van der Waals surface area (Å²) in [5.74, 6) is 0.0605. The van der Waals surface area contributed by atoms with Crippen molar-refractivity contribution in [3.8, 4) is 0 Å². The van der Waals surface area contributed by atoms with Crippen LogP contribution in [0.2, 0.25) is 0 Å². The number of hydrogen-bond acceptors (Lipinski definition) is 6. The monoisotopic (exact) mass is 370 g/mol. The number of hydrogen-bond donors (Lipinski definition) is 3. The second-order valence-corrected chi connectivity index (χ2v) is 6.74. The predicted molar refractivity (Wildman–Crippen MR) is 103 cm³/mol. The maximum atomic E-state index is 11.1. The van der Waals surface area contributed by atoms with Crippen LogP contribution in [0.15, 0.2) is 48.8 Å². The number of nitrogens with zero attached hydrogens (tertiary/aromatic N) is 3. The Morgan fingerprint density at radius 1 is 1.15 bits per heavy atom. The summed E-state index contributed by atoms with van der Waals surface area (Å²) in [5, 5.41) is 25.6. The summed E-state index contributed by atoms with van der Waals surface area (Å²) >= 11 is 0. The van der Waals surface area contributed by atoms with Gasteiger partial charge in [0.25, 0.3) is 0 Å². The molecule has 0 aliphatic heterocycles. The van der Waals surface area contributed by atoms with Gasteiger partial charge in [0.15, 0.2) is 5.82 Å². The van der Waals surface area contributed by atoms with Crippen LogP contribution in [0.5, 0.6) is 0 Å². The third kappa shape index (κ3) is 4.10. The number of rotatable bonds is 8. The number of benzene rings is 1. The van der Waals surface area contributed by atoms with Crippen LogP contribution >= 0.6 is 0 Å². The van der Waals surface area contributed by atoms with Crippen molar-refractivity contribution in [2.24, 2.45) is 5.92 Å². The minimum absolute atomic E-state index is 0.279. The van der Waals surface area contributed by atoms with Gasteiger partial charge in [0.2, 0.25) is 0 Å². The number of nitrogen functional groups attached to an aromatic ring is 1. The van der Waals surface area contributed by atoms with Gasteiger partial charge in [0, 0.05) is 5.92 Å². The lowest BCUT2D eigenvalue weighted by molar-refractivity contribution is -0.103. The van der Waals surface area contributed by atoms with Crippen molar-refractivity contribution < 1.29 is 14.9 Å². The minimum Gasteiger partial charge on any atom is -0.393 e. The van der Waals surface area contributed by atoms with Crippen molar-refractivity contribution in [1.82, 2.24) is 14.6 Å². The molecule has 1 aromatic carbocycles. The molecule has 0 saturated carbocycles. The summed E-state index contributed by atoms with van der Waals surface area (Å²) in [7, 11) is 0. The number of nitrogens with two attached hydrogens (primary N) is 1. The highest BCUT2D eigenvalue weighted by molar-refractivity contribution is 5.65. The lowest BCUT2D eigenvalue weighted by atomic mass is 9.91. The summed E-state index contributed by atoms with van der Waals surface area (Å²) in [6.45, 7) is 4.12. The number of anilines is 1. The van der Waals surface area contributed by atoms with Crippen LogP contribution in [0.1, 0.15) is 37.6 Å². The number of ether oxygens (including phenoxy) is 1. The Morgan fingerprint density at radius 2 is 1.89 bits per heavy atom. The van der Waals surface area contributed by atoms with Crippen LogP contribution in [-0.4, -0.2) is 37.0 Å². The van der Waals surface area contributed by atoms with E-state index in [4.69, 9.17) is 10.5 Å². The maximum Gasteiger partial charge on any atom is 0.151 e. The Hall–Kier alpha value is -2.48. The minimum atomic E-state index is -0.985. The van der Waals surface area contributed by atoms with Gasteiger partial charge in [-0.15, -0.1) is 0 Å². The third-order valence-electron chi connectivity index (χ3n) is 4.95. The summed E-state index contributed by atoms with van der Waals surface area (Å²) in [5.41, 5.74) is 8.06. The second kappa shape index (κ2) is 8.47. The fourth-order valence-corrected chi connectivity index (χ4v) is 3.25. The largest absolute Gasteiger partial charge is 0.393 e. The van der Waals surface area contributed by atoms with Crippen LogP contribution in [0.4, 0.5) is 5.82 Å². The molecule has 2 heterocycles. The van der Waals surface area contributed by atoms with E-state index in [0.717, 1.165) is 5.56 Å². The zero-order valence-electron chi connectivity index (χ0n) is 15.6. The maximum absolute atomic E-state index is 11.1. The summed E-state index contributed by atoms with van der Waals surface area (Å²) < 4.78 is 7.65. The number of fused-ring (bicyclic) bond motifs is 1. The lowest BCUT2D eigenvalue weighted by Crippen LogP contribution is -2.36. The van der Waals surface area contributed by atoms with E-state index < -0.39 is 18.3 Å². The molecule has 1 unspecified atom stereocenters. The van der Waals surface area contributed by atoms with Gasteiger partial charge in [-0.25, -0.2) is 9.50 Å². The molecule has 2 aromatic heterocycles. The van der Waals surface area contributed by atoms with Crippen molar-refractivity contribution in [2.75, 3.05) is 5.73 Å². The van der Waals surface area contributed by atoms with Gasteiger partial charge < -0.3 is 20.7 Å². The van der Waals surface area contributed by atoms with Gasteiger partial charge >= 0.3 is 0 Å². The fourth-order valence-electron chi connectivity index (χ4n) is 3.25. The Morgan fingerprint density at radius 3 is 2.59 bits per heavy atom. The zero-order valence-corrected chi connectivity index (χ0v) is 15.6. The van der Waals surface area contributed by atoms with Gasteiger partial charge in [-0.1, -0.05) is 44.2 Å². The highest BCUT2D eigenvalue weighted by atomic mass is 16.5. The molecule has 0 radical (unpaired) electrons. The van der Waals surface area contributed by atoms with E-state index >= 15 is 0 Å². The van der Waals surface area contributed by atoms with Gasteiger partial charge in [-0.2, -0.15) is 5.10 Å². The van der Waals surface area contributed by atoms with Crippen molar-refractivity contribution in [3.05, 3.63) is 60.0 Å². The van der Waals surface area contributed by atoms with Crippen molar-refractivity contribution >= 4 is 11.3 Å². The molecule has 7 nitrogen and oxygen atoms in total. The van der Waals surface area contributed by atoms with Crippen molar-refractivity contribution in [1.29, 1.82) is 0 Å². The van der Waals surface area contributed by atoms with Crippen molar-refractivity contribution in [2.45, 2.75) is 45.2 Å². The molecule has 0 aliphatic rings. The van der Waals surface area contributed by atoms with E-state index in [1.807, 2.05) is 44.2 Å². The molecular weight excluding hydrogens is 344 g/mol. The van der Waals surface area contributed by atoms with Gasteiger partial charge in [0.1, 0.15) is 17.9 Å². The first-order valence-electron chi connectivity index (χ1n) is 9.12. The average Bonchev–Trinajstić information content (AvgIpc) is 3.13. The van der Waals surface area contributed by atoms with Crippen LogP contribution in [-0.2, 0) is 11.3 Å². The fraction of sp³-hybridized carbons (Fsp3) is 0.400. The quantitative estimate of drug-likeness (QED) is 0.562. The van der Waals surface area contributed by atoms with Crippen LogP contribution in [0, 0.1) is 5.92 Å². The first-order valence-corrected chi connectivity index (χ1v) is 9.12. The first kappa shape index (κ1) is 19.3. The Labute approximate surface area is 158 Å². The molecule has 4 N–H and O–H groups in total. The summed E-state index contributed by atoms with van der Waals surface area (Å²) in [6, 6.07) is 13.3. The third-order valence-corrected chi connectivity index (χ3v) is 4.95. The predicted octanol–water partition coefficient (Wildman–Crippen LogP) is 2.34. The smallest absolute Gasteiger partial charge is 0.151 e. The van der Waals surface area contributed by atoms with E-state index in [-0.39, 0.29) is 5.92 Å². The van der Waals surface area contributed by atoms with Crippen LogP contribution in [0.3, 0.4) is 0 Å². The normalized spacial score (nSPS) is 16.1. The molecule has 0 aliphatic carbocycles. The SMILES string of the molecule is CC[C@@H](O)[C@@H](C)[C@@H](OCc1ccccc1)C(O)c1ccc2c(N)ncnn12. The van der Waals surface area contributed by atoms with Crippen LogP contribution in [0.25, 0.3) is 5.52 Å². The molecule has 0 spiro atoms.